The third kappa shape index (κ3) is 3.31. The molecule has 1 amide bonds. The Morgan fingerprint density at radius 2 is 1.95 bits per heavy atom. The van der Waals surface area contributed by atoms with Gasteiger partial charge in [0.15, 0.2) is 12.0 Å². The molecule has 0 radical (unpaired) electrons. The van der Waals surface area contributed by atoms with Crippen LogP contribution in [-0.4, -0.2) is 12.2 Å². The number of rotatable bonds is 3. The average molecular weight is 297 g/mol. The average Bonchev–Trinajstić information content (AvgIpc) is 2.86. The van der Waals surface area contributed by atoms with Crippen LogP contribution in [0.1, 0.15) is 23.0 Å². The molecule has 0 aliphatic heterocycles. The first-order valence-corrected chi connectivity index (χ1v) is 5.85. The van der Waals surface area contributed by atoms with Crippen molar-refractivity contribution in [1.82, 2.24) is 0 Å². The Hall–Kier alpha value is -2.57. The quantitative estimate of drug-likeness (QED) is 0.878. The topological polar surface area (TPSA) is 59.3 Å². The van der Waals surface area contributed by atoms with Crippen molar-refractivity contribution >= 4 is 17.9 Å². The highest BCUT2D eigenvalue weighted by molar-refractivity contribution is 5.90. The summed E-state index contributed by atoms with van der Waals surface area (Å²) >= 11 is 0. The minimum atomic E-state index is -4.63. The van der Waals surface area contributed by atoms with Crippen LogP contribution in [0, 0.1) is 0 Å². The first kappa shape index (κ1) is 14.8. The van der Waals surface area contributed by atoms with E-state index in [4.69, 9.17) is 4.42 Å². The zero-order valence-electron chi connectivity index (χ0n) is 10.8. The second-order valence-electron chi connectivity index (χ2n) is 4.26. The molecular weight excluding hydrogens is 287 g/mol. The molecular formula is C14H10F3NO3. The van der Waals surface area contributed by atoms with Crippen molar-refractivity contribution < 1.29 is 27.2 Å². The third-order valence-electron chi connectivity index (χ3n) is 2.66. The molecule has 7 heteroatoms. The predicted molar refractivity (Wildman–Crippen MR) is 68.8 cm³/mol. The summed E-state index contributed by atoms with van der Waals surface area (Å²) in [7, 11) is 0. The summed E-state index contributed by atoms with van der Waals surface area (Å²) < 4.78 is 44.2. The summed E-state index contributed by atoms with van der Waals surface area (Å²) in [4.78, 5) is 21.5. The van der Waals surface area contributed by atoms with Crippen molar-refractivity contribution in [2.45, 2.75) is 13.1 Å². The Kier molecular flexibility index (Phi) is 3.84. The minimum Gasteiger partial charge on any atom is -0.453 e. The van der Waals surface area contributed by atoms with Crippen LogP contribution in [0.2, 0.25) is 0 Å². The Morgan fingerprint density at radius 1 is 1.24 bits per heavy atom. The number of halogens is 3. The predicted octanol–water partition coefficient (Wildman–Crippen LogP) is 3.74. The number of nitrogens with one attached hydrogen (secondary N) is 1. The van der Waals surface area contributed by atoms with Crippen LogP contribution in [0.25, 0.3) is 11.3 Å². The van der Waals surface area contributed by atoms with Crippen LogP contribution >= 0.6 is 0 Å². The Morgan fingerprint density at radius 3 is 2.48 bits per heavy atom. The molecule has 0 aliphatic rings. The fourth-order valence-electron chi connectivity index (χ4n) is 1.80. The van der Waals surface area contributed by atoms with Crippen molar-refractivity contribution in [2.24, 2.45) is 0 Å². The molecule has 4 nitrogen and oxygen atoms in total. The van der Waals surface area contributed by atoms with E-state index < -0.39 is 17.6 Å². The zero-order chi connectivity index (χ0) is 15.6. The molecule has 1 aromatic heterocycles. The van der Waals surface area contributed by atoms with Gasteiger partial charge in [-0.15, -0.1) is 0 Å². The van der Waals surface area contributed by atoms with E-state index in [0.29, 0.717) is 6.29 Å². The molecule has 0 aliphatic carbocycles. The number of hydrogen-bond donors (Lipinski definition) is 1. The molecule has 1 N–H and O–H groups in total. The summed E-state index contributed by atoms with van der Waals surface area (Å²) in [5.41, 5.74) is -1.16. The van der Waals surface area contributed by atoms with Gasteiger partial charge in [-0.1, -0.05) is 0 Å². The van der Waals surface area contributed by atoms with Gasteiger partial charge in [0, 0.05) is 12.5 Å². The number of carbonyl (C=O) groups is 2. The van der Waals surface area contributed by atoms with Gasteiger partial charge in [0.25, 0.3) is 0 Å². The molecule has 1 heterocycles. The number of anilines is 1. The number of carbonyl (C=O) groups excluding carboxylic acids is 2. The Balaban J connectivity index is 2.50. The van der Waals surface area contributed by atoms with Gasteiger partial charge in [0.1, 0.15) is 5.76 Å². The van der Waals surface area contributed by atoms with Crippen molar-refractivity contribution in [3.8, 4) is 11.3 Å². The van der Waals surface area contributed by atoms with Gasteiger partial charge in [-0.2, -0.15) is 13.2 Å². The summed E-state index contributed by atoms with van der Waals surface area (Å²) in [6.07, 6.45) is -4.17. The standard InChI is InChI=1S/C14H10F3NO3/c1-8(20)18-12-4-2-9(6-11(12)14(15,16)17)13-5-3-10(7-19)21-13/h2-7H,1H3,(H,18,20). The van der Waals surface area contributed by atoms with E-state index in [9.17, 15) is 22.8 Å². The van der Waals surface area contributed by atoms with Crippen LogP contribution < -0.4 is 5.32 Å². The van der Waals surface area contributed by atoms with Gasteiger partial charge in [-0.3, -0.25) is 9.59 Å². The van der Waals surface area contributed by atoms with Crippen LogP contribution in [0.3, 0.4) is 0 Å². The highest BCUT2D eigenvalue weighted by atomic mass is 19.4. The van der Waals surface area contributed by atoms with E-state index in [2.05, 4.69) is 5.32 Å². The molecule has 110 valence electrons. The number of amides is 1. The summed E-state index contributed by atoms with van der Waals surface area (Å²) in [6.45, 7) is 1.12. The number of furan rings is 1. The first-order valence-electron chi connectivity index (χ1n) is 5.85. The molecule has 2 rings (SSSR count). The van der Waals surface area contributed by atoms with Crippen LogP contribution in [0.15, 0.2) is 34.7 Å². The van der Waals surface area contributed by atoms with E-state index in [-0.39, 0.29) is 22.8 Å². The number of alkyl halides is 3. The fourth-order valence-corrected chi connectivity index (χ4v) is 1.80. The maximum absolute atomic E-state index is 13.0. The highest BCUT2D eigenvalue weighted by Gasteiger charge is 2.34. The monoisotopic (exact) mass is 297 g/mol. The third-order valence-corrected chi connectivity index (χ3v) is 2.66. The molecule has 2 aromatic rings. The molecule has 0 bridgehead atoms. The van der Waals surface area contributed by atoms with E-state index >= 15 is 0 Å². The van der Waals surface area contributed by atoms with Crippen molar-refractivity contribution in [2.75, 3.05) is 5.32 Å². The smallest absolute Gasteiger partial charge is 0.418 e. The molecule has 0 fully saturated rings. The summed E-state index contributed by atoms with van der Waals surface area (Å²) in [5, 5.41) is 2.13. The summed E-state index contributed by atoms with van der Waals surface area (Å²) in [5.74, 6) is -0.448. The van der Waals surface area contributed by atoms with Gasteiger partial charge < -0.3 is 9.73 Å². The largest absolute Gasteiger partial charge is 0.453 e. The lowest BCUT2D eigenvalue weighted by Crippen LogP contribution is -2.14. The molecule has 0 spiro atoms. The SMILES string of the molecule is CC(=O)Nc1ccc(-c2ccc(C=O)o2)cc1C(F)(F)F. The molecule has 0 saturated carbocycles. The van der Waals surface area contributed by atoms with Crippen LogP contribution in [-0.2, 0) is 11.0 Å². The van der Waals surface area contributed by atoms with Gasteiger partial charge in [0.05, 0.1) is 11.3 Å². The van der Waals surface area contributed by atoms with Gasteiger partial charge in [0.2, 0.25) is 5.91 Å². The first-order chi connectivity index (χ1) is 9.81. The summed E-state index contributed by atoms with van der Waals surface area (Å²) in [6, 6.07) is 6.13. The normalized spacial score (nSPS) is 11.2. The molecule has 0 unspecified atom stereocenters. The van der Waals surface area contributed by atoms with Crippen molar-refractivity contribution in [1.29, 1.82) is 0 Å². The highest BCUT2D eigenvalue weighted by Crippen LogP contribution is 2.37. The van der Waals surface area contributed by atoms with E-state index in [1.165, 1.54) is 18.2 Å². The van der Waals surface area contributed by atoms with E-state index in [0.717, 1.165) is 19.1 Å². The second kappa shape index (κ2) is 5.43. The number of benzene rings is 1. The maximum Gasteiger partial charge on any atom is 0.418 e. The Labute approximate surface area is 117 Å². The fraction of sp³-hybridized carbons (Fsp3) is 0.143. The number of hydrogen-bond acceptors (Lipinski definition) is 3. The maximum atomic E-state index is 13.0. The van der Waals surface area contributed by atoms with Crippen molar-refractivity contribution in [3.63, 3.8) is 0 Å². The zero-order valence-corrected chi connectivity index (χ0v) is 10.8. The van der Waals surface area contributed by atoms with Crippen LogP contribution in [0.4, 0.5) is 18.9 Å². The molecule has 0 atom stereocenters. The van der Waals surface area contributed by atoms with Crippen molar-refractivity contribution in [3.05, 3.63) is 41.7 Å². The lowest BCUT2D eigenvalue weighted by Gasteiger charge is -2.14. The van der Waals surface area contributed by atoms with E-state index in [1.807, 2.05) is 0 Å². The van der Waals surface area contributed by atoms with Gasteiger partial charge >= 0.3 is 6.18 Å². The minimum absolute atomic E-state index is 0.0181. The second-order valence-corrected chi connectivity index (χ2v) is 4.26. The lowest BCUT2D eigenvalue weighted by atomic mass is 10.1. The molecule has 21 heavy (non-hydrogen) atoms. The lowest BCUT2D eigenvalue weighted by molar-refractivity contribution is -0.136. The molecule has 0 saturated heterocycles. The molecule has 1 aromatic carbocycles. The number of aldehydes is 1. The van der Waals surface area contributed by atoms with E-state index in [1.54, 1.807) is 0 Å². The van der Waals surface area contributed by atoms with Crippen LogP contribution in [0.5, 0.6) is 0 Å². The van der Waals surface area contributed by atoms with Gasteiger partial charge in [-0.05, 0) is 30.3 Å². The van der Waals surface area contributed by atoms with Gasteiger partial charge in [-0.25, -0.2) is 0 Å². The Bertz CT molecular complexity index is 689.